The molecular formula is C11H22NO3P. The lowest BCUT2D eigenvalue weighted by Crippen LogP contribution is -2.40. The first kappa shape index (κ1) is 15.6. The maximum absolute atomic E-state index is 11.2. The molecule has 0 aromatic heterocycles. The van der Waals surface area contributed by atoms with Crippen molar-refractivity contribution < 1.29 is 19.1 Å². The quantitative estimate of drug-likeness (QED) is 0.334. The molecule has 4 nitrogen and oxygen atoms in total. The molecule has 0 aliphatic heterocycles. The van der Waals surface area contributed by atoms with E-state index in [-0.39, 0.29) is 5.85 Å². The van der Waals surface area contributed by atoms with Crippen LogP contribution in [0.3, 0.4) is 0 Å². The SMILES string of the molecule is C=C(C)C(=O)OC(C)[P-]C(O)C[N+](C)(C)C. The van der Waals surface area contributed by atoms with Crippen LogP contribution in [0.25, 0.3) is 0 Å². The molecule has 0 spiro atoms. The summed E-state index contributed by atoms with van der Waals surface area (Å²) in [6.07, 6.45) is 0. The lowest BCUT2D eigenvalue weighted by Gasteiger charge is -2.36. The van der Waals surface area contributed by atoms with Gasteiger partial charge in [0.2, 0.25) is 0 Å². The number of rotatable bonds is 6. The number of esters is 1. The van der Waals surface area contributed by atoms with E-state index in [0.717, 1.165) is 0 Å². The van der Waals surface area contributed by atoms with Gasteiger partial charge in [-0.1, -0.05) is 13.5 Å². The second-order valence-corrected chi connectivity index (χ2v) is 6.51. The maximum Gasteiger partial charge on any atom is 0.330 e. The van der Waals surface area contributed by atoms with Crippen LogP contribution in [0.5, 0.6) is 0 Å². The Bertz CT molecular complexity index is 260. The number of hydrogen-bond acceptors (Lipinski definition) is 3. The van der Waals surface area contributed by atoms with E-state index in [1.54, 1.807) is 13.8 Å². The van der Waals surface area contributed by atoms with Gasteiger partial charge in [0.1, 0.15) is 0 Å². The van der Waals surface area contributed by atoms with E-state index in [4.69, 9.17) is 4.74 Å². The molecule has 0 heterocycles. The second kappa shape index (κ2) is 6.33. The molecule has 94 valence electrons. The highest BCUT2D eigenvalue weighted by atomic mass is 31.1. The molecule has 0 aromatic carbocycles. The second-order valence-electron chi connectivity index (χ2n) is 4.89. The molecular weight excluding hydrogens is 225 g/mol. The minimum Gasteiger partial charge on any atom is -0.491 e. The molecule has 0 radical (unpaired) electrons. The summed E-state index contributed by atoms with van der Waals surface area (Å²) in [5.74, 6) is -1.21. The van der Waals surface area contributed by atoms with Crippen LogP contribution in [0.2, 0.25) is 0 Å². The van der Waals surface area contributed by atoms with E-state index in [9.17, 15) is 9.90 Å². The normalized spacial score (nSPS) is 16.1. The summed E-state index contributed by atoms with van der Waals surface area (Å²) in [6.45, 7) is 7.50. The van der Waals surface area contributed by atoms with Gasteiger partial charge >= 0.3 is 5.97 Å². The van der Waals surface area contributed by atoms with Gasteiger partial charge in [-0.3, -0.25) is 0 Å². The average molecular weight is 247 g/mol. The average Bonchev–Trinajstić information content (AvgIpc) is 1.98. The molecule has 0 rings (SSSR count). The van der Waals surface area contributed by atoms with Crippen LogP contribution < -0.4 is 0 Å². The Labute approximate surface area is 99.7 Å². The molecule has 0 saturated heterocycles. The van der Waals surface area contributed by atoms with Crippen molar-refractivity contribution in [2.24, 2.45) is 0 Å². The number of ether oxygens (including phenoxy) is 1. The van der Waals surface area contributed by atoms with E-state index in [0.29, 0.717) is 25.2 Å². The summed E-state index contributed by atoms with van der Waals surface area (Å²) in [6, 6.07) is 0. The molecule has 16 heavy (non-hydrogen) atoms. The van der Waals surface area contributed by atoms with Gasteiger partial charge < -0.3 is 22.9 Å². The molecule has 2 atom stereocenters. The topological polar surface area (TPSA) is 46.5 Å². The van der Waals surface area contributed by atoms with E-state index >= 15 is 0 Å². The van der Waals surface area contributed by atoms with Crippen LogP contribution in [0, 0.1) is 0 Å². The summed E-state index contributed by atoms with van der Waals surface area (Å²) >= 11 is 0. The zero-order valence-electron chi connectivity index (χ0n) is 10.7. The third-order valence-electron chi connectivity index (χ3n) is 1.72. The van der Waals surface area contributed by atoms with Gasteiger partial charge in [0.25, 0.3) is 0 Å². The van der Waals surface area contributed by atoms with Gasteiger partial charge in [-0.15, -0.1) is 0 Å². The Morgan fingerprint density at radius 1 is 1.50 bits per heavy atom. The summed E-state index contributed by atoms with van der Waals surface area (Å²) in [5.41, 5.74) is 0.378. The highest BCUT2D eigenvalue weighted by Crippen LogP contribution is 2.26. The number of aliphatic hydroxyl groups excluding tert-OH is 1. The summed E-state index contributed by atoms with van der Waals surface area (Å²) < 4.78 is 5.76. The van der Waals surface area contributed by atoms with Crippen molar-refractivity contribution in [3.8, 4) is 0 Å². The van der Waals surface area contributed by atoms with Gasteiger partial charge in [-0.05, 0) is 18.6 Å². The van der Waals surface area contributed by atoms with Crippen LogP contribution in [-0.4, -0.2) is 54.9 Å². The van der Waals surface area contributed by atoms with Crippen LogP contribution >= 0.6 is 8.58 Å². The van der Waals surface area contributed by atoms with E-state index < -0.39 is 11.8 Å². The standard InChI is InChI=1S/C11H22NO3P/c1-8(2)11(14)15-9(3)16-10(13)7-12(4,5)6/h9-10,13H,1,7H2,2-6H3. The number of aliphatic hydroxyl groups is 1. The summed E-state index contributed by atoms with van der Waals surface area (Å²) in [5, 5.41) is 9.77. The Morgan fingerprint density at radius 3 is 2.38 bits per heavy atom. The van der Waals surface area contributed by atoms with Crippen molar-refractivity contribution in [2.45, 2.75) is 25.5 Å². The van der Waals surface area contributed by atoms with Gasteiger partial charge in [0.05, 0.1) is 27.7 Å². The van der Waals surface area contributed by atoms with E-state index in [2.05, 4.69) is 6.58 Å². The van der Waals surface area contributed by atoms with Crippen molar-refractivity contribution in [2.75, 3.05) is 27.7 Å². The lowest BCUT2D eigenvalue weighted by molar-refractivity contribution is -0.871. The van der Waals surface area contributed by atoms with Crippen molar-refractivity contribution in [3.05, 3.63) is 12.2 Å². The number of quaternary nitrogens is 1. The fourth-order valence-corrected chi connectivity index (χ4v) is 2.29. The van der Waals surface area contributed by atoms with Gasteiger partial charge in [-0.25, -0.2) is 4.79 Å². The number of nitrogens with zero attached hydrogens (tertiary/aromatic N) is 1. The molecule has 2 unspecified atom stereocenters. The predicted octanol–water partition coefficient (Wildman–Crippen LogP) is 1.42. The molecule has 1 N–H and O–H groups in total. The highest BCUT2D eigenvalue weighted by Gasteiger charge is 2.11. The molecule has 0 bridgehead atoms. The molecule has 0 aromatic rings. The molecule has 0 aliphatic rings. The van der Waals surface area contributed by atoms with Crippen molar-refractivity contribution in [1.29, 1.82) is 0 Å². The monoisotopic (exact) mass is 247 g/mol. The van der Waals surface area contributed by atoms with Crippen LogP contribution in [-0.2, 0) is 9.53 Å². The first-order valence-corrected chi connectivity index (χ1v) is 6.20. The van der Waals surface area contributed by atoms with Gasteiger partial charge in [0, 0.05) is 5.57 Å². The molecule has 0 aliphatic carbocycles. The van der Waals surface area contributed by atoms with Crippen molar-refractivity contribution in [3.63, 3.8) is 0 Å². The first-order valence-electron chi connectivity index (χ1n) is 5.17. The molecule has 0 fully saturated rings. The Morgan fingerprint density at radius 2 is 2.00 bits per heavy atom. The van der Waals surface area contributed by atoms with Crippen molar-refractivity contribution >= 4 is 14.6 Å². The minimum atomic E-state index is -0.493. The summed E-state index contributed by atoms with van der Waals surface area (Å²) in [4.78, 5) is 11.2. The first-order chi connectivity index (χ1) is 7.11. The predicted molar refractivity (Wildman–Crippen MR) is 66.2 cm³/mol. The lowest BCUT2D eigenvalue weighted by atomic mass is 10.4. The van der Waals surface area contributed by atoms with Gasteiger partial charge in [-0.2, -0.15) is 0 Å². The van der Waals surface area contributed by atoms with Crippen LogP contribution in [0.15, 0.2) is 12.2 Å². The zero-order valence-corrected chi connectivity index (χ0v) is 11.6. The van der Waals surface area contributed by atoms with E-state index in [1.807, 2.05) is 21.1 Å². The Hall–Kier alpha value is -0.440. The molecule has 0 amide bonds. The number of hydrogen-bond donors (Lipinski definition) is 1. The fourth-order valence-electron chi connectivity index (χ4n) is 1.07. The highest BCUT2D eigenvalue weighted by molar-refractivity contribution is 7.39. The van der Waals surface area contributed by atoms with Gasteiger partial charge in [0.15, 0.2) is 0 Å². The molecule has 5 heteroatoms. The van der Waals surface area contributed by atoms with Crippen LogP contribution in [0.1, 0.15) is 13.8 Å². The number of likely N-dealkylation sites (N-methyl/N-ethyl adjacent to an activating group) is 1. The van der Waals surface area contributed by atoms with E-state index in [1.165, 1.54) is 0 Å². The maximum atomic E-state index is 11.2. The smallest absolute Gasteiger partial charge is 0.330 e. The third-order valence-corrected chi connectivity index (χ3v) is 2.75. The summed E-state index contributed by atoms with van der Waals surface area (Å²) in [7, 11) is 6.72. The Balaban J connectivity index is 4.01. The third kappa shape index (κ3) is 7.80. The number of carbonyl (C=O) groups is 1. The molecule has 0 saturated carbocycles. The zero-order chi connectivity index (χ0) is 12.9. The number of carbonyl (C=O) groups excluding carboxylic acids is 1. The largest absolute Gasteiger partial charge is 0.491 e. The van der Waals surface area contributed by atoms with Crippen LogP contribution in [0.4, 0.5) is 0 Å². The minimum absolute atomic E-state index is 0.314. The fraction of sp³-hybridized carbons (Fsp3) is 0.727. The van der Waals surface area contributed by atoms with Crippen molar-refractivity contribution in [1.82, 2.24) is 0 Å². The Kier molecular flexibility index (Phi) is 6.16.